The molecule has 19 heavy (non-hydrogen) atoms. The van der Waals surface area contributed by atoms with Crippen LogP contribution in [0.15, 0.2) is 0 Å². The van der Waals surface area contributed by atoms with Gasteiger partial charge in [0.1, 0.15) is 0 Å². The van der Waals surface area contributed by atoms with Crippen molar-refractivity contribution in [3.05, 3.63) is 0 Å². The fourth-order valence-corrected chi connectivity index (χ4v) is 4.06. The van der Waals surface area contributed by atoms with Crippen LogP contribution in [0.5, 0.6) is 0 Å². The fourth-order valence-electron chi connectivity index (χ4n) is 3.69. The predicted molar refractivity (Wildman–Crippen MR) is 85.4 cm³/mol. The first kappa shape index (κ1) is 16.7. The van der Waals surface area contributed by atoms with Crippen LogP contribution in [0.2, 0.25) is 0 Å². The van der Waals surface area contributed by atoms with E-state index in [-0.39, 0.29) is 6.04 Å². The van der Waals surface area contributed by atoms with Crippen LogP contribution in [0.3, 0.4) is 0 Å². The van der Waals surface area contributed by atoms with Gasteiger partial charge in [-0.2, -0.15) is 0 Å². The number of nitrogens with one attached hydrogen (secondary N) is 2. The average Bonchev–Trinajstić information content (AvgIpc) is 2.10. The summed E-state index contributed by atoms with van der Waals surface area (Å²) < 4.78 is 5.11. The fraction of sp³-hybridized carbons (Fsp3) is 0.933. The molecule has 0 aromatic carbocycles. The molecule has 112 valence electrons. The molecular weight excluding hydrogens is 256 g/mol. The number of ether oxygens (including phenoxy) is 1. The van der Waals surface area contributed by atoms with Crippen LogP contribution in [-0.4, -0.2) is 30.9 Å². The summed E-state index contributed by atoms with van der Waals surface area (Å²) in [6.07, 6.45) is 3.63. The number of methoxy groups -OCH3 is 1. The molecule has 4 heteroatoms. The van der Waals surface area contributed by atoms with E-state index in [0.717, 1.165) is 5.11 Å². The van der Waals surface area contributed by atoms with E-state index < -0.39 is 0 Å². The third-order valence-electron chi connectivity index (χ3n) is 3.68. The second-order valence-corrected chi connectivity index (χ2v) is 7.99. The molecule has 1 aliphatic rings. The van der Waals surface area contributed by atoms with E-state index in [1.165, 1.54) is 19.3 Å². The van der Waals surface area contributed by atoms with Crippen molar-refractivity contribution in [3.63, 3.8) is 0 Å². The molecule has 0 saturated heterocycles. The zero-order chi connectivity index (χ0) is 14.7. The van der Waals surface area contributed by atoms with E-state index in [2.05, 4.69) is 45.3 Å². The van der Waals surface area contributed by atoms with Crippen LogP contribution in [0, 0.1) is 10.8 Å². The lowest BCUT2D eigenvalue weighted by atomic mass is 9.63. The van der Waals surface area contributed by atoms with Crippen molar-refractivity contribution < 1.29 is 4.74 Å². The maximum absolute atomic E-state index is 5.40. The Morgan fingerprint density at radius 1 is 1.26 bits per heavy atom. The van der Waals surface area contributed by atoms with Crippen LogP contribution in [0.1, 0.15) is 53.9 Å². The maximum atomic E-state index is 5.40. The van der Waals surface area contributed by atoms with Crippen LogP contribution in [0.25, 0.3) is 0 Å². The van der Waals surface area contributed by atoms with Crippen LogP contribution < -0.4 is 10.6 Å². The summed E-state index contributed by atoms with van der Waals surface area (Å²) in [7, 11) is 1.71. The number of hydrogen-bond donors (Lipinski definition) is 2. The monoisotopic (exact) mass is 286 g/mol. The molecule has 0 bridgehead atoms. The van der Waals surface area contributed by atoms with Gasteiger partial charge in [0.25, 0.3) is 0 Å². The van der Waals surface area contributed by atoms with Gasteiger partial charge in [0, 0.05) is 19.2 Å². The van der Waals surface area contributed by atoms with Crippen molar-refractivity contribution in [2.24, 2.45) is 10.8 Å². The Bertz CT molecular complexity index is 299. The highest BCUT2D eigenvalue weighted by Gasteiger charge is 2.38. The van der Waals surface area contributed by atoms with Gasteiger partial charge < -0.3 is 15.4 Å². The molecule has 1 unspecified atom stereocenters. The lowest BCUT2D eigenvalue weighted by Crippen LogP contribution is -2.51. The lowest BCUT2D eigenvalue weighted by molar-refractivity contribution is 0.0919. The molecule has 1 fully saturated rings. The summed E-state index contributed by atoms with van der Waals surface area (Å²) in [5.41, 5.74) is 0.764. The van der Waals surface area contributed by atoms with Crippen LogP contribution in [-0.2, 0) is 4.74 Å². The minimum atomic E-state index is 0.245. The summed E-state index contributed by atoms with van der Waals surface area (Å²) in [6, 6.07) is 0.711. The zero-order valence-electron chi connectivity index (χ0n) is 13.3. The smallest absolute Gasteiger partial charge is 0.166 e. The Labute approximate surface area is 123 Å². The molecule has 1 saturated carbocycles. The highest BCUT2D eigenvalue weighted by molar-refractivity contribution is 7.80. The number of thiocarbonyl (C=S) groups is 1. The minimum Gasteiger partial charge on any atom is -0.383 e. The molecule has 2 N–H and O–H groups in total. The Kier molecular flexibility index (Phi) is 5.63. The first-order valence-corrected chi connectivity index (χ1v) is 7.60. The van der Waals surface area contributed by atoms with E-state index in [0.29, 0.717) is 23.5 Å². The highest BCUT2D eigenvalue weighted by Crippen LogP contribution is 2.45. The molecular formula is C15H30N2OS. The molecule has 1 rings (SSSR count). The average molecular weight is 286 g/mol. The van der Waals surface area contributed by atoms with E-state index in [1.54, 1.807) is 7.11 Å². The van der Waals surface area contributed by atoms with Gasteiger partial charge in [-0.25, -0.2) is 0 Å². The molecule has 0 amide bonds. The molecule has 0 aromatic heterocycles. The summed E-state index contributed by atoms with van der Waals surface area (Å²) in [5, 5.41) is 7.52. The summed E-state index contributed by atoms with van der Waals surface area (Å²) in [6.45, 7) is 12.2. The second kappa shape index (κ2) is 6.40. The first-order valence-electron chi connectivity index (χ1n) is 7.19. The number of hydrogen-bond acceptors (Lipinski definition) is 2. The number of rotatable bonds is 4. The van der Waals surface area contributed by atoms with Gasteiger partial charge >= 0.3 is 0 Å². The van der Waals surface area contributed by atoms with Gasteiger partial charge in [-0.05, 0) is 49.2 Å². The third-order valence-corrected chi connectivity index (χ3v) is 3.92. The molecule has 0 aromatic rings. The van der Waals surface area contributed by atoms with Crippen molar-refractivity contribution >= 4 is 17.3 Å². The largest absolute Gasteiger partial charge is 0.383 e. The summed E-state index contributed by atoms with van der Waals surface area (Å²) >= 11 is 5.40. The van der Waals surface area contributed by atoms with Gasteiger partial charge in [0.2, 0.25) is 0 Å². The van der Waals surface area contributed by atoms with Gasteiger partial charge in [0.15, 0.2) is 5.11 Å². The molecule has 0 spiro atoms. The van der Waals surface area contributed by atoms with Gasteiger partial charge in [-0.3, -0.25) is 0 Å². The van der Waals surface area contributed by atoms with Crippen molar-refractivity contribution in [2.45, 2.75) is 66.0 Å². The minimum absolute atomic E-state index is 0.245. The van der Waals surface area contributed by atoms with E-state index >= 15 is 0 Å². The highest BCUT2D eigenvalue weighted by atomic mass is 32.1. The van der Waals surface area contributed by atoms with Gasteiger partial charge in [-0.15, -0.1) is 0 Å². The van der Waals surface area contributed by atoms with Crippen molar-refractivity contribution in [3.8, 4) is 0 Å². The van der Waals surface area contributed by atoms with E-state index in [1.807, 2.05) is 0 Å². The summed E-state index contributed by atoms with van der Waals surface area (Å²) in [5.74, 6) is 0. The molecule has 3 nitrogen and oxygen atoms in total. The van der Waals surface area contributed by atoms with Gasteiger partial charge in [-0.1, -0.05) is 27.7 Å². The Morgan fingerprint density at radius 2 is 1.79 bits per heavy atom. The third kappa shape index (κ3) is 6.09. The molecule has 0 aliphatic heterocycles. The topological polar surface area (TPSA) is 33.3 Å². The van der Waals surface area contributed by atoms with Crippen molar-refractivity contribution in [1.29, 1.82) is 0 Å². The zero-order valence-corrected chi connectivity index (χ0v) is 14.1. The standard InChI is InChI=1S/C15H30N2OS/c1-11(9-18-6)16-13(19)17-12-7-14(2,3)10-15(4,5)8-12/h11-12H,7-10H2,1-6H3,(H2,16,17,19). The molecule has 1 aliphatic carbocycles. The van der Waals surface area contributed by atoms with Crippen LogP contribution in [0.4, 0.5) is 0 Å². The Balaban J connectivity index is 2.49. The predicted octanol–water partition coefficient (Wildman–Crippen LogP) is 3.09. The second-order valence-electron chi connectivity index (χ2n) is 7.58. The lowest BCUT2D eigenvalue weighted by Gasteiger charge is -2.45. The molecule has 0 heterocycles. The quantitative estimate of drug-likeness (QED) is 0.778. The van der Waals surface area contributed by atoms with E-state index in [9.17, 15) is 0 Å². The first-order chi connectivity index (χ1) is 8.63. The normalized spacial score (nSPS) is 23.7. The van der Waals surface area contributed by atoms with Crippen molar-refractivity contribution in [2.75, 3.05) is 13.7 Å². The SMILES string of the molecule is COCC(C)NC(=S)NC1CC(C)(C)CC(C)(C)C1. The van der Waals surface area contributed by atoms with Crippen molar-refractivity contribution in [1.82, 2.24) is 10.6 Å². The van der Waals surface area contributed by atoms with E-state index in [4.69, 9.17) is 17.0 Å². The van der Waals surface area contributed by atoms with Crippen LogP contribution >= 0.6 is 12.2 Å². The Morgan fingerprint density at radius 3 is 2.26 bits per heavy atom. The summed E-state index contributed by atoms with van der Waals surface area (Å²) in [4.78, 5) is 0. The molecule has 1 atom stereocenters. The van der Waals surface area contributed by atoms with Gasteiger partial charge in [0.05, 0.1) is 6.61 Å². The maximum Gasteiger partial charge on any atom is 0.166 e. The molecule has 0 radical (unpaired) electrons. The Hall–Kier alpha value is -0.350.